The van der Waals surface area contributed by atoms with Gasteiger partial charge in [0.05, 0.1) is 6.61 Å². The van der Waals surface area contributed by atoms with E-state index >= 15 is 0 Å². The van der Waals surface area contributed by atoms with Crippen molar-refractivity contribution in [1.82, 2.24) is 5.32 Å². The summed E-state index contributed by atoms with van der Waals surface area (Å²) in [6.07, 6.45) is 6.29. The number of aliphatic hydroxyl groups excluding tert-OH is 1. The van der Waals surface area contributed by atoms with E-state index in [0.717, 1.165) is 0 Å². The maximum Gasteiger partial charge on any atom is 0.242 e. The Hall–Kier alpha value is -1.54. The largest absolute Gasteiger partial charge is 0.394 e. The smallest absolute Gasteiger partial charge is 0.242 e. The fourth-order valence-electron chi connectivity index (χ4n) is 0.824. The van der Waals surface area contributed by atoms with Crippen molar-refractivity contribution in [2.24, 2.45) is 5.73 Å². The van der Waals surface area contributed by atoms with Crippen LogP contribution in [-0.4, -0.2) is 29.6 Å². The van der Waals surface area contributed by atoms with Gasteiger partial charge in [-0.25, -0.2) is 0 Å². The van der Waals surface area contributed by atoms with Gasteiger partial charge in [0.25, 0.3) is 0 Å². The van der Waals surface area contributed by atoms with Gasteiger partial charge in [-0.2, -0.15) is 0 Å². The normalized spacial score (nSPS) is 11.4. The van der Waals surface area contributed by atoms with Gasteiger partial charge >= 0.3 is 0 Å². The second kappa shape index (κ2) is 6.92. The van der Waals surface area contributed by atoms with Crippen LogP contribution in [0.1, 0.15) is 19.3 Å². The Morgan fingerprint density at radius 2 is 2.21 bits per heavy atom. The summed E-state index contributed by atoms with van der Waals surface area (Å²) < 4.78 is 0. The van der Waals surface area contributed by atoms with Crippen molar-refractivity contribution in [1.29, 1.82) is 0 Å². The van der Waals surface area contributed by atoms with E-state index in [9.17, 15) is 9.59 Å². The van der Waals surface area contributed by atoms with Crippen molar-refractivity contribution in [3.05, 3.63) is 0 Å². The number of hydrogen-bond acceptors (Lipinski definition) is 3. The van der Waals surface area contributed by atoms with Crippen LogP contribution in [0.25, 0.3) is 0 Å². The molecule has 0 aliphatic carbocycles. The summed E-state index contributed by atoms with van der Waals surface area (Å²) >= 11 is 0. The number of amides is 2. The van der Waals surface area contributed by atoms with E-state index in [1.807, 2.05) is 0 Å². The number of nitrogens with two attached hydrogens (primary N) is 1. The Kier molecular flexibility index (Phi) is 6.16. The molecule has 5 nitrogen and oxygen atoms in total. The first-order valence-electron chi connectivity index (χ1n) is 4.24. The van der Waals surface area contributed by atoms with E-state index in [-0.39, 0.29) is 12.3 Å². The number of rotatable bonds is 6. The molecule has 0 aromatic rings. The highest BCUT2D eigenvalue weighted by Gasteiger charge is 2.15. The summed E-state index contributed by atoms with van der Waals surface area (Å²) in [6, 6.07) is -1.01. The number of aliphatic hydroxyl groups is 1. The van der Waals surface area contributed by atoms with E-state index in [1.54, 1.807) is 0 Å². The van der Waals surface area contributed by atoms with Crippen molar-refractivity contribution in [3.8, 4) is 12.3 Å². The van der Waals surface area contributed by atoms with E-state index in [1.165, 1.54) is 0 Å². The zero-order chi connectivity index (χ0) is 11.0. The Morgan fingerprint density at radius 1 is 1.57 bits per heavy atom. The Balaban J connectivity index is 3.80. The second-order valence-electron chi connectivity index (χ2n) is 2.76. The maximum absolute atomic E-state index is 11.1. The standard InChI is InChI=1S/C9H14N2O3/c1-2-3-4-5-8(13)11-7(6-12)9(10)14/h1,7,12H,3-6H2,(H2,10,14)(H,11,13). The van der Waals surface area contributed by atoms with E-state index < -0.39 is 18.6 Å². The molecule has 0 fully saturated rings. The van der Waals surface area contributed by atoms with Gasteiger partial charge in [0.2, 0.25) is 11.8 Å². The molecule has 5 heteroatoms. The number of carbonyl (C=O) groups excluding carboxylic acids is 2. The third-order valence-electron chi connectivity index (χ3n) is 1.59. The van der Waals surface area contributed by atoms with Crippen LogP contribution < -0.4 is 11.1 Å². The van der Waals surface area contributed by atoms with Crippen LogP contribution in [0.15, 0.2) is 0 Å². The Labute approximate surface area is 82.7 Å². The minimum Gasteiger partial charge on any atom is -0.394 e. The van der Waals surface area contributed by atoms with E-state index in [4.69, 9.17) is 17.3 Å². The molecule has 0 saturated carbocycles. The molecule has 14 heavy (non-hydrogen) atoms. The summed E-state index contributed by atoms with van der Waals surface area (Å²) in [7, 11) is 0. The zero-order valence-electron chi connectivity index (χ0n) is 7.82. The number of hydrogen-bond donors (Lipinski definition) is 3. The van der Waals surface area contributed by atoms with Crippen molar-refractivity contribution in [2.45, 2.75) is 25.3 Å². The van der Waals surface area contributed by atoms with Crippen molar-refractivity contribution >= 4 is 11.8 Å². The first kappa shape index (κ1) is 12.5. The van der Waals surface area contributed by atoms with Gasteiger partial charge in [0.15, 0.2) is 0 Å². The van der Waals surface area contributed by atoms with Crippen LogP contribution in [-0.2, 0) is 9.59 Å². The number of terminal acetylenes is 1. The molecule has 4 N–H and O–H groups in total. The zero-order valence-corrected chi connectivity index (χ0v) is 7.82. The van der Waals surface area contributed by atoms with Gasteiger partial charge < -0.3 is 16.2 Å². The molecule has 0 aromatic carbocycles. The second-order valence-corrected chi connectivity index (χ2v) is 2.76. The van der Waals surface area contributed by atoms with E-state index in [2.05, 4.69) is 11.2 Å². The molecule has 0 spiro atoms. The van der Waals surface area contributed by atoms with Crippen LogP contribution >= 0.6 is 0 Å². The maximum atomic E-state index is 11.1. The first-order valence-corrected chi connectivity index (χ1v) is 4.24. The van der Waals surface area contributed by atoms with Gasteiger partial charge in [0.1, 0.15) is 6.04 Å². The first-order chi connectivity index (χ1) is 6.61. The number of unbranched alkanes of at least 4 members (excludes halogenated alkanes) is 1. The van der Waals surface area contributed by atoms with Crippen LogP contribution in [0.3, 0.4) is 0 Å². The van der Waals surface area contributed by atoms with Gasteiger partial charge in [-0.3, -0.25) is 9.59 Å². The summed E-state index contributed by atoms with van der Waals surface area (Å²) in [6.45, 7) is -0.490. The molecule has 78 valence electrons. The van der Waals surface area contributed by atoms with Gasteiger partial charge in [-0.15, -0.1) is 12.3 Å². The van der Waals surface area contributed by atoms with E-state index in [0.29, 0.717) is 12.8 Å². The molecule has 1 unspecified atom stereocenters. The van der Waals surface area contributed by atoms with Crippen molar-refractivity contribution < 1.29 is 14.7 Å². The fourth-order valence-corrected chi connectivity index (χ4v) is 0.824. The predicted molar refractivity (Wildman–Crippen MR) is 50.9 cm³/mol. The predicted octanol–water partition coefficient (Wildman–Crippen LogP) is -1.25. The molecular formula is C9H14N2O3. The summed E-state index contributed by atoms with van der Waals surface area (Å²) in [4.78, 5) is 21.7. The average molecular weight is 198 g/mol. The molecule has 1 atom stereocenters. The molecule has 0 aliphatic heterocycles. The van der Waals surface area contributed by atoms with Crippen LogP contribution in [0.2, 0.25) is 0 Å². The lowest BCUT2D eigenvalue weighted by Gasteiger charge is -2.11. The highest BCUT2D eigenvalue weighted by Crippen LogP contribution is 1.94. The van der Waals surface area contributed by atoms with Gasteiger partial charge in [-0.05, 0) is 6.42 Å². The third-order valence-corrected chi connectivity index (χ3v) is 1.59. The average Bonchev–Trinajstić information content (AvgIpc) is 2.14. The topological polar surface area (TPSA) is 92.4 Å². The van der Waals surface area contributed by atoms with Crippen molar-refractivity contribution in [2.75, 3.05) is 6.61 Å². The minimum atomic E-state index is -1.01. The third kappa shape index (κ3) is 5.17. The number of primary amides is 1. The highest BCUT2D eigenvalue weighted by molar-refractivity contribution is 5.86. The van der Waals surface area contributed by atoms with Crippen LogP contribution in [0.4, 0.5) is 0 Å². The van der Waals surface area contributed by atoms with Crippen LogP contribution in [0, 0.1) is 12.3 Å². The van der Waals surface area contributed by atoms with Crippen LogP contribution in [0.5, 0.6) is 0 Å². The van der Waals surface area contributed by atoms with Gasteiger partial charge in [-0.1, -0.05) is 0 Å². The quantitative estimate of drug-likeness (QED) is 0.368. The Morgan fingerprint density at radius 3 is 2.64 bits per heavy atom. The molecular weight excluding hydrogens is 184 g/mol. The molecule has 0 bridgehead atoms. The Bertz CT molecular complexity index is 245. The summed E-state index contributed by atoms with van der Waals surface area (Å²) in [5.74, 6) is 1.30. The lowest BCUT2D eigenvalue weighted by molar-refractivity contribution is -0.128. The molecule has 0 heterocycles. The molecule has 0 radical (unpaired) electrons. The SMILES string of the molecule is C#CCCCC(=O)NC(CO)C(N)=O. The minimum absolute atomic E-state index is 0.230. The number of nitrogens with one attached hydrogen (secondary N) is 1. The number of carbonyl (C=O) groups is 2. The molecule has 0 rings (SSSR count). The lowest BCUT2D eigenvalue weighted by Crippen LogP contribution is -2.46. The fraction of sp³-hybridized carbons (Fsp3) is 0.556. The molecule has 0 aliphatic rings. The molecule has 2 amide bonds. The molecule has 0 saturated heterocycles. The highest BCUT2D eigenvalue weighted by atomic mass is 16.3. The lowest BCUT2D eigenvalue weighted by atomic mass is 10.2. The summed E-state index contributed by atoms with van der Waals surface area (Å²) in [5.41, 5.74) is 4.90. The monoisotopic (exact) mass is 198 g/mol. The van der Waals surface area contributed by atoms with Gasteiger partial charge in [0, 0.05) is 12.8 Å². The summed E-state index contributed by atoms with van der Waals surface area (Å²) in [5, 5.41) is 11.0. The molecule has 0 aromatic heterocycles. The van der Waals surface area contributed by atoms with Crippen molar-refractivity contribution in [3.63, 3.8) is 0 Å².